The molecule has 0 aliphatic heterocycles. The molecule has 55 heavy (non-hydrogen) atoms. The number of ether oxygens (including phenoxy) is 4. The monoisotopic (exact) mass is 808 g/mol. The maximum Gasteiger partial charge on any atom is 0.321 e. The highest BCUT2D eigenvalue weighted by Gasteiger charge is 2.31. The van der Waals surface area contributed by atoms with Crippen LogP contribution in [0.15, 0.2) is 58.8 Å². The molecule has 4 rings (SSSR count). The van der Waals surface area contributed by atoms with Crippen molar-refractivity contribution in [1.29, 1.82) is 0 Å². The van der Waals surface area contributed by atoms with Crippen molar-refractivity contribution in [3.8, 4) is 11.5 Å². The summed E-state index contributed by atoms with van der Waals surface area (Å²) >= 11 is 0. The van der Waals surface area contributed by atoms with Gasteiger partial charge in [0.2, 0.25) is 20.0 Å². The molecule has 4 aromatic rings. The number of carbonyl (C=O) groups excluding carboxylic acids is 2. The van der Waals surface area contributed by atoms with Gasteiger partial charge in [-0.2, -0.15) is 9.03 Å². The van der Waals surface area contributed by atoms with Crippen LogP contribution in [0.2, 0.25) is 0 Å². The Morgan fingerprint density at radius 3 is 1.56 bits per heavy atom. The summed E-state index contributed by atoms with van der Waals surface area (Å²) in [6, 6.07) is 6.56. The number of imidazole rings is 2. The summed E-state index contributed by atoms with van der Waals surface area (Å²) in [6.07, 6.45) is 6.91. The summed E-state index contributed by atoms with van der Waals surface area (Å²) in [5.74, 6) is 1.16. The predicted molar refractivity (Wildman–Crippen MR) is 203 cm³/mol. The minimum Gasteiger partial charge on any atom is -0.497 e. The van der Waals surface area contributed by atoms with E-state index >= 15 is 0 Å². The van der Waals surface area contributed by atoms with E-state index in [1.807, 2.05) is 29.2 Å². The molecule has 2 heterocycles. The van der Waals surface area contributed by atoms with E-state index in [9.17, 15) is 26.4 Å². The Morgan fingerprint density at radius 2 is 1.16 bits per heavy atom. The Morgan fingerprint density at radius 1 is 0.727 bits per heavy atom. The minimum atomic E-state index is -3.97. The molecule has 0 unspecified atom stereocenters. The highest BCUT2D eigenvalue weighted by molar-refractivity contribution is 7.89. The van der Waals surface area contributed by atoms with Crippen molar-refractivity contribution in [3.63, 3.8) is 0 Å². The lowest BCUT2D eigenvalue weighted by molar-refractivity contribution is -0.141. The zero-order valence-corrected chi connectivity index (χ0v) is 34.6. The first-order valence-corrected chi connectivity index (χ1v) is 19.9. The van der Waals surface area contributed by atoms with Gasteiger partial charge in [-0.25, -0.2) is 26.8 Å². The number of benzene rings is 2. The Balaban J connectivity index is 0.000000322. The molecule has 0 atom stereocenters. The number of rotatable bonds is 15. The molecule has 2 aromatic heterocycles. The number of aryl methyl sites for hydroxylation is 6. The number of aromatic nitrogens is 4. The standard InChI is InChI=1S/C18H25N3O5S.C12H17NO5S.C6H10N2O/c1-6-20-8-7-19-16(20)11-21(12-17(22)26-5)27(23,24)18-13(2)9-15(25-4)10-14(18)3;1-8-5-10(17-3)6-9(2)12(8)19(15,16)13-7-11(14)18-4;1-2-8-4-3-7-6(8)5-9/h7-10H,6,11-12H2,1-5H3;5-6,13H,7H2,1-4H3;3-4,9H,2,5H2,1H3. The number of nitrogens with one attached hydrogen (secondary N) is 1. The fourth-order valence-electron chi connectivity index (χ4n) is 5.47. The molecular formula is C36H52N6O11S2. The van der Waals surface area contributed by atoms with Gasteiger partial charge in [0.25, 0.3) is 0 Å². The van der Waals surface area contributed by atoms with Crippen LogP contribution in [0.25, 0.3) is 0 Å². The van der Waals surface area contributed by atoms with Crippen LogP contribution in [0.5, 0.6) is 11.5 Å². The zero-order valence-electron chi connectivity index (χ0n) is 32.9. The maximum atomic E-state index is 13.4. The molecule has 2 N–H and O–H groups in total. The van der Waals surface area contributed by atoms with Crippen LogP contribution in [0.1, 0.15) is 47.8 Å². The van der Waals surface area contributed by atoms with Crippen LogP contribution >= 0.6 is 0 Å². The van der Waals surface area contributed by atoms with Crippen LogP contribution in [0.4, 0.5) is 0 Å². The number of carbonyl (C=O) groups is 2. The molecule has 2 aromatic carbocycles. The highest BCUT2D eigenvalue weighted by Crippen LogP contribution is 2.29. The third-order valence-electron chi connectivity index (χ3n) is 8.12. The van der Waals surface area contributed by atoms with Gasteiger partial charge in [0, 0.05) is 37.9 Å². The van der Waals surface area contributed by atoms with E-state index in [2.05, 4.69) is 19.4 Å². The molecular weight excluding hydrogens is 757 g/mol. The molecule has 0 aliphatic carbocycles. The third kappa shape index (κ3) is 12.6. The summed E-state index contributed by atoms with van der Waals surface area (Å²) in [5, 5.41) is 8.66. The van der Waals surface area contributed by atoms with Gasteiger partial charge >= 0.3 is 11.9 Å². The molecule has 19 heteroatoms. The second-order valence-corrected chi connectivity index (χ2v) is 15.4. The fraction of sp³-hybridized carbons (Fsp3) is 0.444. The smallest absolute Gasteiger partial charge is 0.321 e. The SMILES string of the molecule is CCn1ccnc1CN(CC(=O)OC)S(=O)(=O)c1c(C)cc(OC)cc1C.CCn1ccnc1CO.COC(=O)CNS(=O)(=O)c1c(C)cc(OC)cc1C. The van der Waals surface area contributed by atoms with E-state index in [1.54, 1.807) is 70.6 Å². The summed E-state index contributed by atoms with van der Waals surface area (Å²) < 4.78 is 77.4. The highest BCUT2D eigenvalue weighted by atomic mass is 32.2. The van der Waals surface area contributed by atoms with E-state index in [0.717, 1.165) is 16.7 Å². The number of nitrogens with zero attached hydrogens (tertiary/aromatic N) is 5. The van der Waals surface area contributed by atoms with Crippen molar-refractivity contribution in [2.24, 2.45) is 0 Å². The molecule has 0 radical (unpaired) electrons. The molecule has 304 valence electrons. The van der Waals surface area contributed by atoms with Crippen LogP contribution < -0.4 is 14.2 Å². The van der Waals surface area contributed by atoms with Crippen LogP contribution in [0.3, 0.4) is 0 Å². The van der Waals surface area contributed by atoms with Crippen molar-refractivity contribution in [3.05, 3.63) is 83.0 Å². The fourth-order valence-corrected chi connectivity index (χ4v) is 8.63. The summed E-state index contributed by atoms with van der Waals surface area (Å²) in [7, 11) is -2.27. The second-order valence-electron chi connectivity index (χ2n) is 11.8. The number of esters is 2. The zero-order chi connectivity index (χ0) is 41.5. The molecule has 0 aliphatic rings. The van der Waals surface area contributed by atoms with Gasteiger partial charge in [0.1, 0.15) is 42.8 Å². The lowest BCUT2D eigenvalue weighted by Crippen LogP contribution is -2.37. The summed E-state index contributed by atoms with van der Waals surface area (Å²) in [4.78, 5) is 31.3. The molecule has 0 amide bonds. The van der Waals surface area contributed by atoms with Gasteiger partial charge in [-0.05, 0) is 88.1 Å². The Kier molecular flexibility index (Phi) is 18.0. The average Bonchev–Trinajstić information content (AvgIpc) is 3.82. The molecule has 0 fully saturated rings. The van der Waals surface area contributed by atoms with Crippen LogP contribution in [-0.2, 0) is 65.4 Å². The number of aliphatic hydroxyl groups is 1. The largest absolute Gasteiger partial charge is 0.497 e. The van der Waals surface area contributed by atoms with E-state index in [1.165, 1.54) is 28.4 Å². The molecule has 17 nitrogen and oxygen atoms in total. The first kappa shape index (κ1) is 46.3. The summed E-state index contributed by atoms with van der Waals surface area (Å²) in [6.45, 7) is 11.4. The quantitative estimate of drug-likeness (QED) is 0.166. The second kappa shape index (κ2) is 21.3. The first-order chi connectivity index (χ1) is 25.9. The topological polar surface area (TPSA) is 210 Å². The van der Waals surface area contributed by atoms with Gasteiger partial charge in [0.05, 0.1) is 44.8 Å². The number of hydrogen-bond donors (Lipinski definition) is 2. The Hall–Kier alpha value is -4.82. The molecule has 0 saturated heterocycles. The number of aliphatic hydroxyl groups excluding tert-OH is 1. The van der Waals surface area contributed by atoms with Crippen molar-refractivity contribution < 1.29 is 50.5 Å². The third-order valence-corrected chi connectivity index (χ3v) is 11.9. The van der Waals surface area contributed by atoms with E-state index in [-0.39, 0.29) is 22.9 Å². The molecule has 0 spiro atoms. The van der Waals surface area contributed by atoms with Crippen molar-refractivity contribution in [1.82, 2.24) is 28.1 Å². The number of sulfonamides is 2. The van der Waals surface area contributed by atoms with E-state index in [0.29, 0.717) is 46.1 Å². The molecule has 0 saturated carbocycles. The van der Waals surface area contributed by atoms with E-state index < -0.39 is 45.1 Å². The Labute approximate surface area is 323 Å². The lowest BCUT2D eigenvalue weighted by atomic mass is 10.1. The van der Waals surface area contributed by atoms with Gasteiger partial charge < -0.3 is 33.2 Å². The normalized spacial score (nSPS) is 11.2. The number of hydrogen-bond acceptors (Lipinski definition) is 13. The predicted octanol–water partition coefficient (Wildman–Crippen LogP) is 3.05. The first-order valence-electron chi connectivity index (χ1n) is 17.0. The van der Waals surface area contributed by atoms with Crippen molar-refractivity contribution >= 4 is 32.0 Å². The summed E-state index contributed by atoms with van der Waals surface area (Å²) in [5.41, 5.74) is 2.18. The van der Waals surface area contributed by atoms with Crippen molar-refractivity contribution in [2.45, 2.75) is 77.6 Å². The van der Waals surface area contributed by atoms with Gasteiger partial charge in [-0.15, -0.1) is 0 Å². The maximum absolute atomic E-state index is 13.4. The minimum absolute atomic E-state index is 0.0286. The van der Waals surface area contributed by atoms with Crippen molar-refractivity contribution in [2.75, 3.05) is 41.5 Å². The lowest BCUT2D eigenvalue weighted by Gasteiger charge is -2.23. The van der Waals surface area contributed by atoms with Gasteiger partial charge in [0.15, 0.2) is 0 Å². The van der Waals surface area contributed by atoms with Gasteiger partial charge in [-0.3, -0.25) is 9.59 Å². The van der Waals surface area contributed by atoms with Crippen LogP contribution in [0, 0.1) is 27.7 Å². The molecule has 0 bridgehead atoms. The van der Waals surface area contributed by atoms with Crippen LogP contribution in [-0.4, -0.2) is 98.8 Å². The Bertz CT molecular complexity index is 2050. The van der Waals surface area contributed by atoms with E-state index in [4.69, 9.17) is 19.3 Å². The number of methoxy groups -OCH3 is 4. The average molecular weight is 809 g/mol. The van der Waals surface area contributed by atoms with Gasteiger partial charge in [-0.1, -0.05) is 0 Å².